The highest BCUT2D eigenvalue weighted by atomic mass is 32.1. The van der Waals surface area contributed by atoms with Gasteiger partial charge in [0.15, 0.2) is 0 Å². The second-order valence-corrected chi connectivity index (χ2v) is 5.78. The second-order valence-electron chi connectivity index (χ2n) is 4.96. The van der Waals surface area contributed by atoms with E-state index in [1.54, 1.807) is 9.95 Å². The number of thiazole rings is 1. The Hall–Kier alpha value is -2.34. The first-order valence-electron chi connectivity index (χ1n) is 6.91. The zero-order valence-electron chi connectivity index (χ0n) is 12.1. The molecule has 0 saturated carbocycles. The monoisotopic (exact) mass is 317 g/mol. The van der Waals surface area contributed by atoms with Crippen molar-refractivity contribution in [2.75, 3.05) is 0 Å². The summed E-state index contributed by atoms with van der Waals surface area (Å²) in [6.07, 6.45) is 0.164. The average Bonchev–Trinajstić information content (AvgIpc) is 3.07. The van der Waals surface area contributed by atoms with E-state index in [2.05, 4.69) is 0 Å². The van der Waals surface area contributed by atoms with Gasteiger partial charge in [0.2, 0.25) is 0 Å². The lowest BCUT2D eigenvalue weighted by Gasteiger charge is -2.04. The number of esters is 1. The number of para-hydroxylation sites is 1. The van der Waals surface area contributed by atoms with E-state index in [9.17, 15) is 9.59 Å². The highest BCUT2D eigenvalue weighted by Crippen LogP contribution is 2.19. The maximum Gasteiger partial charge on any atom is 0.308 e. The van der Waals surface area contributed by atoms with E-state index in [4.69, 9.17) is 9.15 Å². The first-order chi connectivity index (χ1) is 10.6. The van der Waals surface area contributed by atoms with Crippen LogP contribution in [-0.4, -0.2) is 10.5 Å². The van der Waals surface area contributed by atoms with E-state index < -0.39 is 0 Å². The van der Waals surface area contributed by atoms with Crippen LogP contribution in [0.1, 0.15) is 17.9 Å². The van der Waals surface area contributed by atoms with Crippen molar-refractivity contribution >= 4 is 28.3 Å². The lowest BCUT2D eigenvalue weighted by molar-refractivity contribution is -0.145. The fourth-order valence-electron chi connectivity index (χ4n) is 2.21. The van der Waals surface area contributed by atoms with Gasteiger partial charge in [-0.05, 0) is 19.1 Å². The van der Waals surface area contributed by atoms with Crippen LogP contribution in [0.3, 0.4) is 0 Å². The van der Waals surface area contributed by atoms with Gasteiger partial charge in [-0.15, -0.1) is 0 Å². The fraction of sp³-hybridized carbons (Fsp3) is 0.250. The molecule has 0 unspecified atom stereocenters. The largest absolute Gasteiger partial charge is 0.457 e. The molecule has 0 atom stereocenters. The Morgan fingerprint density at radius 2 is 2.18 bits per heavy atom. The second kappa shape index (κ2) is 6.19. The molecule has 0 bridgehead atoms. The van der Waals surface area contributed by atoms with Gasteiger partial charge in [-0.3, -0.25) is 9.59 Å². The van der Waals surface area contributed by atoms with Crippen molar-refractivity contribution in [2.24, 2.45) is 0 Å². The summed E-state index contributed by atoms with van der Waals surface area (Å²) in [6.45, 7) is 2.29. The summed E-state index contributed by atoms with van der Waals surface area (Å²) in [5, 5.41) is 2.76. The summed E-state index contributed by atoms with van der Waals surface area (Å²) >= 11 is 1.14. The van der Waals surface area contributed by atoms with Gasteiger partial charge in [-0.2, -0.15) is 0 Å². The van der Waals surface area contributed by atoms with E-state index in [0.717, 1.165) is 28.0 Å². The Bertz CT molecular complexity index is 825. The Morgan fingerprint density at radius 1 is 1.36 bits per heavy atom. The third-order valence-corrected chi connectivity index (χ3v) is 4.25. The molecule has 3 aromatic rings. The third-order valence-electron chi connectivity index (χ3n) is 3.37. The topological polar surface area (TPSA) is 61.4 Å². The van der Waals surface area contributed by atoms with Crippen molar-refractivity contribution in [3.05, 3.63) is 56.8 Å². The van der Waals surface area contributed by atoms with Crippen molar-refractivity contribution in [2.45, 2.75) is 26.5 Å². The van der Waals surface area contributed by atoms with Gasteiger partial charge in [0.1, 0.15) is 18.0 Å². The maximum absolute atomic E-state index is 11.8. The zero-order chi connectivity index (χ0) is 15.5. The molecule has 0 fully saturated rings. The minimum atomic E-state index is -0.349. The number of fused-ring (bicyclic) bond motifs is 1. The highest BCUT2D eigenvalue weighted by molar-refractivity contribution is 7.07. The summed E-state index contributed by atoms with van der Waals surface area (Å²) in [7, 11) is 0. The Labute approximate surface area is 130 Å². The molecule has 0 amide bonds. The molecule has 0 saturated heterocycles. The van der Waals surface area contributed by atoms with E-state index >= 15 is 0 Å². The van der Waals surface area contributed by atoms with Crippen LogP contribution in [0.4, 0.5) is 0 Å². The van der Waals surface area contributed by atoms with Crippen LogP contribution in [0, 0.1) is 6.92 Å². The molecule has 6 heteroatoms. The number of hydrogen-bond donors (Lipinski definition) is 0. The molecular weight excluding hydrogens is 302 g/mol. The van der Waals surface area contributed by atoms with Crippen LogP contribution in [0.15, 0.2) is 44.9 Å². The molecule has 0 aliphatic rings. The quantitative estimate of drug-likeness (QED) is 0.678. The van der Waals surface area contributed by atoms with Gasteiger partial charge in [-0.1, -0.05) is 29.5 Å². The van der Waals surface area contributed by atoms with Crippen molar-refractivity contribution < 1.29 is 13.9 Å². The smallest absolute Gasteiger partial charge is 0.308 e. The molecule has 2 heterocycles. The molecule has 5 nitrogen and oxygen atoms in total. The molecule has 2 aromatic heterocycles. The number of nitrogens with zero attached hydrogens (tertiary/aromatic N) is 1. The summed E-state index contributed by atoms with van der Waals surface area (Å²) in [4.78, 5) is 23.3. The van der Waals surface area contributed by atoms with E-state index in [-0.39, 0.29) is 23.9 Å². The summed E-state index contributed by atoms with van der Waals surface area (Å²) in [5.41, 5.74) is 1.63. The molecule has 0 aliphatic heterocycles. The summed E-state index contributed by atoms with van der Waals surface area (Å²) in [6, 6.07) is 9.48. The van der Waals surface area contributed by atoms with Crippen LogP contribution in [0.2, 0.25) is 0 Å². The molecule has 0 radical (unpaired) electrons. The lowest BCUT2D eigenvalue weighted by Crippen LogP contribution is -2.17. The molecule has 1 aromatic carbocycles. The van der Waals surface area contributed by atoms with Gasteiger partial charge in [0, 0.05) is 23.0 Å². The first kappa shape index (κ1) is 14.6. The van der Waals surface area contributed by atoms with E-state index in [1.807, 2.05) is 37.3 Å². The van der Waals surface area contributed by atoms with Gasteiger partial charge in [0.05, 0.1) is 6.42 Å². The number of rotatable bonds is 5. The molecular formula is C16H15NO4S. The van der Waals surface area contributed by atoms with Gasteiger partial charge >= 0.3 is 10.8 Å². The minimum absolute atomic E-state index is 0.0532. The molecule has 22 heavy (non-hydrogen) atoms. The van der Waals surface area contributed by atoms with E-state index in [1.165, 1.54) is 0 Å². The lowest BCUT2D eigenvalue weighted by atomic mass is 10.2. The van der Waals surface area contributed by atoms with E-state index in [0.29, 0.717) is 12.3 Å². The zero-order valence-corrected chi connectivity index (χ0v) is 12.9. The SMILES string of the molecule is Cc1csc(=O)n1CCC(=O)OCc1cc2ccccc2o1. The van der Waals surface area contributed by atoms with Crippen LogP contribution in [0.25, 0.3) is 11.0 Å². The third kappa shape index (κ3) is 3.12. The van der Waals surface area contributed by atoms with Crippen LogP contribution in [0.5, 0.6) is 0 Å². The normalized spacial score (nSPS) is 11.0. The first-order valence-corrected chi connectivity index (χ1v) is 7.79. The van der Waals surface area contributed by atoms with Crippen LogP contribution >= 0.6 is 11.3 Å². The van der Waals surface area contributed by atoms with Crippen molar-refractivity contribution in [1.29, 1.82) is 0 Å². The number of carbonyl (C=O) groups is 1. The molecule has 114 valence electrons. The number of aryl methyl sites for hydroxylation is 1. The number of aromatic nitrogens is 1. The predicted molar refractivity (Wildman–Crippen MR) is 83.9 cm³/mol. The molecule has 3 rings (SSSR count). The number of furan rings is 1. The molecule has 0 aliphatic carbocycles. The summed E-state index contributed by atoms with van der Waals surface area (Å²) in [5.74, 6) is 0.261. The fourth-order valence-corrected chi connectivity index (χ4v) is 2.97. The molecule has 0 N–H and O–H groups in total. The summed E-state index contributed by atoms with van der Waals surface area (Å²) < 4.78 is 12.3. The number of ether oxygens (including phenoxy) is 1. The highest BCUT2D eigenvalue weighted by Gasteiger charge is 2.09. The minimum Gasteiger partial charge on any atom is -0.457 e. The van der Waals surface area contributed by atoms with Crippen LogP contribution in [-0.2, 0) is 22.7 Å². The van der Waals surface area contributed by atoms with Gasteiger partial charge in [0.25, 0.3) is 0 Å². The number of benzene rings is 1. The predicted octanol–water partition coefficient (Wildman–Crippen LogP) is 3.10. The Morgan fingerprint density at radius 3 is 2.91 bits per heavy atom. The standard InChI is InChI=1S/C16H15NO4S/c1-11-10-22-16(19)17(11)7-6-15(18)20-9-13-8-12-4-2-3-5-14(12)21-13/h2-5,8,10H,6-7,9H2,1H3. The van der Waals surface area contributed by atoms with Crippen LogP contribution < -0.4 is 4.87 Å². The maximum atomic E-state index is 11.8. The van der Waals surface area contributed by atoms with Crippen molar-refractivity contribution in [1.82, 2.24) is 4.57 Å². The average molecular weight is 317 g/mol. The van der Waals surface area contributed by atoms with Crippen molar-refractivity contribution in [3.8, 4) is 0 Å². The number of carbonyl (C=O) groups excluding carboxylic acids is 1. The Balaban J connectivity index is 1.55. The van der Waals surface area contributed by atoms with Crippen molar-refractivity contribution in [3.63, 3.8) is 0 Å². The Kier molecular flexibility index (Phi) is 4.11. The van der Waals surface area contributed by atoms with Gasteiger partial charge in [-0.25, -0.2) is 0 Å². The van der Waals surface area contributed by atoms with Gasteiger partial charge < -0.3 is 13.7 Å². The molecule has 0 spiro atoms. The number of hydrogen-bond acceptors (Lipinski definition) is 5.